The van der Waals surface area contributed by atoms with Gasteiger partial charge in [0.15, 0.2) is 11.0 Å². The number of hydrogen-bond acceptors (Lipinski definition) is 4. The van der Waals surface area contributed by atoms with E-state index in [0.717, 1.165) is 33.6 Å². The Labute approximate surface area is 125 Å². The Hall–Kier alpha value is -0.850. The Bertz CT molecular complexity index is 579. The van der Waals surface area contributed by atoms with Crippen LogP contribution in [0.3, 0.4) is 0 Å². The molecular formula is C13H15BrN4S. The summed E-state index contributed by atoms with van der Waals surface area (Å²) in [5.74, 6) is 1.93. The molecule has 0 aliphatic carbocycles. The molecule has 0 atom stereocenters. The van der Waals surface area contributed by atoms with Crippen molar-refractivity contribution in [3.63, 3.8) is 0 Å². The zero-order chi connectivity index (χ0) is 13.4. The number of halogens is 1. The second-order valence-electron chi connectivity index (χ2n) is 4.84. The highest BCUT2D eigenvalue weighted by Crippen LogP contribution is 2.30. The van der Waals surface area contributed by atoms with Crippen molar-refractivity contribution in [2.45, 2.75) is 31.7 Å². The molecule has 4 nitrogen and oxygen atoms in total. The highest BCUT2D eigenvalue weighted by atomic mass is 79.9. The van der Waals surface area contributed by atoms with E-state index in [2.05, 4.69) is 61.6 Å². The summed E-state index contributed by atoms with van der Waals surface area (Å²) in [5.41, 5.74) is 1.10. The number of nitrogens with zero attached hydrogens (tertiary/aromatic N) is 4. The Morgan fingerprint density at radius 3 is 2.63 bits per heavy atom. The molecule has 6 heteroatoms. The fraction of sp³-hybridized carbons (Fsp3) is 0.385. The third kappa shape index (κ3) is 2.57. The summed E-state index contributed by atoms with van der Waals surface area (Å²) in [7, 11) is 0. The van der Waals surface area contributed by atoms with Gasteiger partial charge in [0, 0.05) is 16.1 Å². The number of benzene rings is 1. The topological polar surface area (TPSA) is 34.0 Å². The van der Waals surface area contributed by atoms with Crippen molar-refractivity contribution in [1.82, 2.24) is 19.7 Å². The number of aromatic nitrogens is 3. The second-order valence-corrected chi connectivity index (χ2v) is 6.67. The van der Waals surface area contributed by atoms with Gasteiger partial charge in [-0.15, -0.1) is 10.2 Å². The van der Waals surface area contributed by atoms with E-state index in [4.69, 9.17) is 0 Å². The summed E-state index contributed by atoms with van der Waals surface area (Å²) in [6, 6.07) is 8.74. The SMILES string of the molecule is CC(C)N1CSc2nnc(-c3ccc(Br)cc3)n2C1. The van der Waals surface area contributed by atoms with Crippen molar-refractivity contribution in [3.8, 4) is 11.4 Å². The van der Waals surface area contributed by atoms with E-state index in [1.165, 1.54) is 0 Å². The van der Waals surface area contributed by atoms with Crippen LogP contribution in [0.25, 0.3) is 11.4 Å². The molecular weight excluding hydrogens is 324 g/mol. The molecule has 19 heavy (non-hydrogen) atoms. The molecule has 0 unspecified atom stereocenters. The molecule has 1 aliphatic rings. The lowest BCUT2D eigenvalue weighted by Crippen LogP contribution is -2.35. The van der Waals surface area contributed by atoms with Crippen LogP contribution in [0.4, 0.5) is 0 Å². The first kappa shape index (κ1) is 13.1. The maximum atomic E-state index is 4.34. The number of fused-ring (bicyclic) bond motifs is 1. The molecule has 0 fully saturated rings. The average Bonchev–Trinajstić information content (AvgIpc) is 2.82. The Morgan fingerprint density at radius 1 is 1.21 bits per heavy atom. The largest absolute Gasteiger partial charge is 0.288 e. The van der Waals surface area contributed by atoms with E-state index < -0.39 is 0 Å². The first-order valence-electron chi connectivity index (χ1n) is 6.21. The quantitative estimate of drug-likeness (QED) is 0.839. The van der Waals surface area contributed by atoms with Crippen LogP contribution in [0.5, 0.6) is 0 Å². The van der Waals surface area contributed by atoms with E-state index in [0.29, 0.717) is 6.04 Å². The first-order chi connectivity index (χ1) is 9.15. The van der Waals surface area contributed by atoms with Crippen molar-refractivity contribution in [2.24, 2.45) is 0 Å². The van der Waals surface area contributed by atoms with E-state index >= 15 is 0 Å². The molecule has 3 rings (SSSR count). The highest BCUT2D eigenvalue weighted by Gasteiger charge is 2.23. The predicted molar refractivity (Wildman–Crippen MR) is 80.9 cm³/mol. The van der Waals surface area contributed by atoms with Crippen LogP contribution in [-0.4, -0.2) is 31.6 Å². The molecule has 1 aromatic heterocycles. The molecule has 1 aliphatic heterocycles. The molecule has 0 amide bonds. The smallest absolute Gasteiger partial charge is 0.193 e. The van der Waals surface area contributed by atoms with Crippen LogP contribution >= 0.6 is 27.7 Å². The minimum absolute atomic E-state index is 0.529. The van der Waals surface area contributed by atoms with Crippen molar-refractivity contribution >= 4 is 27.7 Å². The summed E-state index contributed by atoms with van der Waals surface area (Å²) in [5, 5.41) is 9.64. The zero-order valence-electron chi connectivity index (χ0n) is 10.9. The predicted octanol–water partition coefficient (Wildman–Crippen LogP) is 3.44. The van der Waals surface area contributed by atoms with Crippen LogP contribution in [0, 0.1) is 0 Å². The zero-order valence-corrected chi connectivity index (χ0v) is 13.3. The van der Waals surface area contributed by atoms with E-state index in [1.807, 2.05) is 12.1 Å². The summed E-state index contributed by atoms with van der Waals surface area (Å²) in [6.07, 6.45) is 0. The van der Waals surface area contributed by atoms with E-state index in [1.54, 1.807) is 11.8 Å². The van der Waals surface area contributed by atoms with Gasteiger partial charge in [0.25, 0.3) is 0 Å². The highest BCUT2D eigenvalue weighted by molar-refractivity contribution is 9.10. The number of thioether (sulfide) groups is 1. The van der Waals surface area contributed by atoms with Gasteiger partial charge in [-0.1, -0.05) is 39.8 Å². The third-order valence-electron chi connectivity index (χ3n) is 3.23. The molecule has 2 heterocycles. The molecule has 2 aromatic rings. The minimum atomic E-state index is 0.529. The van der Waals surface area contributed by atoms with Crippen LogP contribution in [0.2, 0.25) is 0 Å². The van der Waals surface area contributed by atoms with Gasteiger partial charge >= 0.3 is 0 Å². The van der Waals surface area contributed by atoms with Gasteiger partial charge in [0.2, 0.25) is 0 Å². The van der Waals surface area contributed by atoms with E-state index in [9.17, 15) is 0 Å². The Balaban J connectivity index is 1.97. The van der Waals surface area contributed by atoms with Gasteiger partial charge in [0.05, 0.1) is 12.5 Å². The number of hydrogen-bond donors (Lipinski definition) is 0. The first-order valence-corrected chi connectivity index (χ1v) is 7.99. The minimum Gasteiger partial charge on any atom is -0.288 e. The molecule has 0 bridgehead atoms. The molecule has 0 radical (unpaired) electrons. The molecule has 1 aromatic carbocycles. The number of rotatable bonds is 2. The van der Waals surface area contributed by atoms with Crippen LogP contribution in [0.15, 0.2) is 33.9 Å². The average molecular weight is 339 g/mol. The third-order valence-corrected chi connectivity index (χ3v) is 4.78. The lowest BCUT2D eigenvalue weighted by Gasteiger charge is -2.30. The van der Waals surface area contributed by atoms with Crippen LogP contribution in [0.1, 0.15) is 13.8 Å². The van der Waals surface area contributed by atoms with Gasteiger partial charge in [-0.25, -0.2) is 0 Å². The van der Waals surface area contributed by atoms with Gasteiger partial charge in [-0.3, -0.25) is 9.47 Å². The standard InChI is InChI=1S/C13H15BrN4S/c1-9(2)17-7-18-12(15-16-13(18)19-8-17)10-3-5-11(14)6-4-10/h3-6,9H,7-8H2,1-2H3. The van der Waals surface area contributed by atoms with Crippen molar-refractivity contribution < 1.29 is 0 Å². The van der Waals surface area contributed by atoms with Gasteiger partial charge in [-0.2, -0.15) is 0 Å². The summed E-state index contributed by atoms with van der Waals surface area (Å²) in [4.78, 5) is 2.41. The van der Waals surface area contributed by atoms with Gasteiger partial charge in [0.1, 0.15) is 0 Å². The van der Waals surface area contributed by atoms with Crippen molar-refractivity contribution in [2.75, 3.05) is 5.88 Å². The molecule has 0 spiro atoms. The lowest BCUT2D eigenvalue weighted by atomic mass is 10.2. The maximum Gasteiger partial charge on any atom is 0.193 e. The van der Waals surface area contributed by atoms with Crippen molar-refractivity contribution in [1.29, 1.82) is 0 Å². The van der Waals surface area contributed by atoms with E-state index in [-0.39, 0.29) is 0 Å². The normalized spacial score (nSPS) is 15.8. The monoisotopic (exact) mass is 338 g/mol. The Kier molecular flexibility index (Phi) is 3.64. The molecule has 0 saturated heterocycles. The molecule has 0 saturated carbocycles. The fourth-order valence-electron chi connectivity index (χ4n) is 2.01. The molecule has 100 valence electrons. The van der Waals surface area contributed by atoms with Crippen LogP contribution in [-0.2, 0) is 6.67 Å². The van der Waals surface area contributed by atoms with Crippen molar-refractivity contribution in [3.05, 3.63) is 28.7 Å². The fourth-order valence-corrected chi connectivity index (χ4v) is 3.33. The van der Waals surface area contributed by atoms with Gasteiger partial charge in [-0.05, 0) is 26.0 Å². The van der Waals surface area contributed by atoms with Crippen LogP contribution < -0.4 is 0 Å². The summed E-state index contributed by atoms with van der Waals surface area (Å²) in [6.45, 7) is 5.29. The van der Waals surface area contributed by atoms with Gasteiger partial charge < -0.3 is 0 Å². The lowest BCUT2D eigenvalue weighted by molar-refractivity contribution is 0.193. The summed E-state index contributed by atoms with van der Waals surface area (Å²) >= 11 is 5.21. The maximum absolute atomic E-state index is 4.34. The Morgan fingerprint density at radius 2 is 1.95 bits per heavy atom. The summed E-state index contributed by atoms with van der Waals surface area (Å²) < 4.78 is 3.27. The second kappa shape index (κ2) is 5.26. The molecule has 0 N–H and O–H groups in total.